The summed E-state index contributed by atoms with van der Waals surface area (Å²) in [6.45, 7) is 0. The van der Waals surface area contributed by atoms with Crippen LogP contribution in [-0.2, 0) is 9.59 Å². The number of anilines is 1. The van der Waals surface area contributed by atoms with Crippen molar-refractivity contribution in [1.82, 2.24) is 10.3 Å². The van der Waals surface area contributed by atoms with E-state index >= 15 is 0 Å². The first-order valence-electron chi connectivity index (χ1n) is 5.05. The Balaban J connectivity index is 2.16. The second-order valence-corrected chi connectivity index (χ2v) is 3.68. The summed E-state index contributed by atoms with van der Waals surface area (Å²) < 4.78 is 13.4. The van der Waals surface area contributed by atoms with E-state index in [2.05, 4.69) is 15.6 Å². The van der Waals surface area contributed by atoms with E-state index in [4.69, 9.17) is 0 Å². The van der Waals surface area contributed by atoms with E-state index in [1.54, 1.807) is 0 Å². The highest BCUT2D eigenvalue weighted by atomic mass is 19.1. The van der Waals surface area contributed by atoms with Crippen LogP contribution in [0.15, 0.2) is 17.1 Å². The highest BCUT2D eigenvalue weighted by Crippen LogP contribution is 2.12. The molecule has 3 N–H and O–H groups in total. The molecular weight excluding hydrogens is 229 g/mol. The van der Waals surface area contributed by atoms with Crippen LogP contribution in [0.1, 0.15) is 12.8 Å². The Morgan fingerprint density at radius 1 is 1.35 bits per heavy atom. The first-order chi connectivity index (χ1) is 8.08. The molecular formula is C10H10FN3O3. The standard InChI is InChI=1S/C10H10FN3O3/c11-8-6(15)3-4-12-9(8)13-5-1-2-7(16)14-10(5)17/h3-5H,1-2H2,(H2,12,13,15)(H,14,16,17). The van der Waals surface area contributed by atoms with Crippen LogP contribution in [0.4, 0.5) is 10.2 Å². The number of carbonyl (C=O) groups excluding carboxylic acids is 2. The maximum absolute atomic E-state index is 13.4. The second kappa shape index (κ2) is 4.36. The molecule has 17 heavy (non-hydrogen) atoms. The van der Waals surface area contributed by atoms with Gasteiger partial charge in [0.2, 0.25) is 23.1 Å². The summed E-state index contributed by atoms with van der Waals surface area (Å²) in [7, 11) is 0. The van der Waals surface area contributed by atoms with Crippen LogP contribution >= 0.6 is 0 Å². The number of amides is 2. The topological polar surface area (TPSA) is 91.1 Å². The molecule has 2 heterocycles. The van der Waals surface area contributed by atoms with Crippen LogP contribution in [0.2, 0.25) is 0 Å². The molecule has 1 aromatic heterocycles. The molecule has 0 aliphatic carbocycles. The Morgan fingerprint density at radius 3 is 2.82 bits per heavy atom. The zero-order valence-corrected chi connectivity index (χ0v) is 8.75. The summed E-state index contributed by atoms with van der Waals surface area (Å²) in [5.74, 6) is -2.00. The van der Waals surface area contributed by atoms with Crippen LogP contribution in [0.3, 0.4) is 0 Å². The summed E-state index contributed by atoms with van der Waals surface area (Å²) in [5, 5.41) is 4.69. The van der Waals surface area contributed by atoms with Gasteiger partial charge in [-0.25, -0.2) is 0 Å². The monoisotopic (exact) mass is 239 g/mol. The Bertz CT molecular complexity index is 526. The molecule has 1 atom stereocenters. The molecule has 0 saturated carbocycles. The van der Waals surface area contributed by atoms with E-state index in [9.17, 15) is 18.8 Å². The van der Waals surface area contributed by atoms with Gasteiger partial charge in [0.05, 0.1) is 0 Å². The number of hydrogen-bond donors (Lipinski definition) is 3. The van der Waals surface area contributed by atoms with Gasteiger partial charge >= 0.3 is 0 Å². The van der Waals surface area contributed by atoms with Crippen molar-refractivity contribution in [3.05, 3.63) is 28.3 Å². The van der Waals surface area contributed by atoms with Crippen molar-refractivity contribution in [3.63, 3.8) is 0 Å². The molecule has 1 unspecified atom stereocenters. The highest BCUT2D eigenvalue weighted by molar-refractivity contribution is 6.01. The summed E-state index contributed by atoms with van der Waals surface area (Å²) >= 11 is 0. The molecule has 2 rings (SSSR count). The number of halogens is 1. The fraction of sp³-hybridized carbons (Fsp3) is 0.300. The maximum atomic E-state index is 13.4. The fourth-order valence-corrected chi connectivity index (χ4v) is 1.57. The molecule has 2 amide bonds. The lowest BCUT2D eigenvalue weighted by molar-refractivity contribution is -0.133. The quantitative estimate of drug-likeness (QED) is 0.620. The lowest BCUT2D eigenvalue weighted by Crippen LogP contribution is -2.47. The summed E-state index contributed by atoms with van der Waals surface area (Å²) in [4.78, 5) is 35.8. The number of aromatic nitrogens is 1. The van der Waals surface area contributed by atoms with E-state index in [-0.39, 0.29) is 24.6 Å². The number of H-pyrrole nitrogens is 1. The van der Waals surface area contributed by atoms with Gasteiger partial charge in [0, 0.05) is 18.7 Å². The van der Waals surface area contributed by atoms with Gasteiger partial charge < -0.3 is 10.3 Å². The number of nitrogens with one attached hydrogen (secondary N) is 3. The second-order valence-electron chi connectivity index (χ2n) is 3.68. The van der Waals surface area contributed by atoms with Crippen molar-refractivity contribution in [2.75, 3.05) is 5.32 Å². The van der Waals surface area contributed by atoms with Gasteiger partial charge in [-0.3, -0.25) is 19.7 Å². The Kier molecular flexibility index (Phi) is 2.90. The van der Waals surface area contributed by atoms with Crippen molar-refractivity contribution < 1.29 is 14.0 Å². The van der Waals surface area contributed by atoms with Gasteiger partial charge in [0.15, 0.2) is 0 Å². The van der Waals surface area contributed by atoms with Gasteiger partial charge in [-0.2, -0.15) is 4.39 Å². The average Bonchev–Trinajstić information content (AvgIpc) is 2.28. The largest absolute Gasteiger partial charge is 0.357 e. The molecule has 0 bridgehead atoms. The molecule has 90 valence electrons. The minimum atomic E-state index is -0.975. The number of carbonyl (C=O) groups is 2. The van der Waals surface area contributed by atoms with Gasteiger partial charge in [-0.1, -0.05) is 0 Å². The Hall–Kier alpha value is -2.18. The van der Waals surface area contributed by atoms with Crippen molar-refractivity contribution in [2.45, 2.75) is 18.9 Å². The molecule has 1 saturated heterocycles. The number of hydrogen-bond acceptors (Lipinski definition) is 4. The minimum Gasteiger partial charge on any atom is -0.357 e. The van der Waals surface area contributed by atoms with Crippen molar-refractivity contribution in [2.24, 2.45) is 0 Å². The Labute approximate surface area is 95.2 Å². The van der Waals surface area contributed by atoms with Crippen LogP contribution in [0, 0.1) is 5.82 Å². The third-order valence-electron chi connectivity index (χ3n) is 2.46. The third-order valence-corrected chi connectivity index (χ3v) is 2.46. The first-order valence-corrected chi connectivity index (χ1v) is 5.05. The van der Waals surface area contributed by atoms with Gasteiger partial charge in [-0.05, 0) is 6.42 Å². The van der Waals surface area contributed by atoms with Crippen LogP contribution < -0.4 is 16.1 Å². The molecule has 1 aliphatic rings. The van der Waals surface area contributed by atoms with Gasteiger partial charge in [0.1, 0.15) is 11.9 Å². The van der Waals surface area contributed by atoms with Crippen LogP contribution in [0.5, 0.6) is 0 Å². The van der Waals surface area contributed by atoms with Crippen molar-refractivity contribution in [1.29, 1.82) is 0 Å². The predicted molar refractivity (Wildman–Crippen MR) is 56.8 cm³/mol. The normalized spacial score (nSPS) is 19.9. The van der Waals surface area contributed by atoms with E-state index in [0.717, 1.165) is 6.07 Å². The number of imide groups is 1. The summed E-state index contributed by atoms with van der Waals surface area (Å²) in [6.07, 6.45) is 1.72. The SMILES string of the molecule is O=C1CCC(Nc2[nH]ccc(=O)c2F)C(=O)N1. The number of pyridine rings is 1. The molecule has 1 aromatic rings. The molecule has 0 aromatic carbocycles. The molecule has 6 nitrogen and oxygen atoms in total. The Morgan fingerprint density at radius 2 is 2.12 bits per heavy atom. The van der Waals surface area contributed by atoms with E-state index in [0.29, 0.717) is 0 Å². The lowest BCUT2D eigenvalue weighted by atomic mass is 10.1. The minimum absolute atomic E-state index is 0.146. The van der Waals surface area contributed by atoms with E-state index in [1.807, 2.05) is 0 Å². The first kappa shape index (κ1) is 11.3. The smallest absolute Gasteiger partial charge is 0.249 e. The summed E-state index contributed by atoms with van der Waals surface area (Å²) in [5.41, 5.74) is -0.765. The van der Waals surface area contributed by atoms with Gasteiger partial charge in [0.25, 0.3) is 0 Å². The van der Waals surface area contributed by atoms with Gasteiger partial charge in [-0.15, -0.1) is 0 Å². The van der Waals surface area contributed by atoms with Crippen LogP contribution in [0.25, 0.3) is 0 Å². The molecule has 1 fully saturated rings. The maximum Gasteiger partial charge on any atom is 0.249 e. The van der Waals surface area contributed by atoms with Crippen molar-refractivity contribution in [3.8, 4) is 0 Å². The molecule has 0 radical (unpaired) electrons. The van der Waals surface area contributed by atoms with E-state index in [1.165, 1.54) is 6.20 Å². The number of aromatic amines is 1. The molecule has 0 spiro atoms. The molecule has 7 heteroatoms. The zero-order valence-electron chi connectivity index (χ0n) is 8.75. The van der Waals surface area contributed by atoms with Crippen LogP contribution in [-0.4, -0.2) is 22.8 Å². The summed E-state index contributed by atoms with van der Waals surface area (Å²) in [6, 6.07) is 0.325. The number of rotatable bonds is 2. The average molecular weight is 239 g/mol. The number of piperidine rings is 1. The lowest BCUT2D eigenvalue weighted by Gasteiger charge is -2.22. The predicted octanol–water partition coefficient (Wildman–Crippen LogP) is -0.269. The van der Waals surface area contributed by atoms with E-state index < -0.39 is 23.2 Å². The van der Waals surface area contributed by atoms with Crippen molar-refractivity contribution >= 4 is 17.6 Å². The third kappa shape index (κ3) is 2.32. The molecule has 1 aliphatic heterocycles. The fourth-order valence-electron chi connectivity index (χ4n) is 1.57. The zero-order chi connectivity index (χ0) is 12.4. The highest BCUT2D eigenvalue weighted by Gasteiger charge is 2.27.